The fourth-order valence-corrected chi connectivity index (χ4v) is 3.25. The maximum Gasteiger partial charge on any atom is 0.253 e. The number of rotatable bonds is 5. The molecule has 1 fully saturated rings. The summed E-state index contributed by atoms with van der Waals surface area (Å²) in [4.78, 5) is 25.6. The van der Waals surface area contributed by atoms with Gasteiger partial charge >= 0.3 is 0 Å². The normalized spacial score (nSPS) is 14.0. The average molecular weight is 374 g/mol. The molecule has 0 atom stereocenters. The van der Waals surface area contributed by atoms with Gasteiger partial charge in [0.05, 0.1) is 0 Å². The predicted octanol–water partition coefficient (Wildman–Crippen LogP) is 3.02. The highest BCUT2D eigenvalue weighted by atomic mass is 16.5. The lowest BCUT2D eigenvalue weighted by atomic mass is 10.1. The largest absolute Gasteiger partial charge is 0.473 e. The average Bonchev–Trinajstić information content (AvgIpc) is 2.79. The van der Waals surface area contributed by atoms with Crippen LogP contribution in [0, 0.1) is 0 Å². The van der Waals surface area contributed by atoms with Crippen LogP contribution >= 0.6 is 0 Å². The molecule has 1 aliphatic rings. The lowest BCUT2D eigenvalue weighted by molar-refractivity contribution is 0.0746. The maximum atomic E-state index is 12.9. The molecule has 0 unspecified atom stereocenters. The molecule has 1 saturated heterocycles. The molecule has 1 aliphatic heterocycles. The number of aromatic nitrogens is 2. The van der Waals surface area contributed by atoms with Crippen molar-refractivity contribution in [3.05, 3.63) is 84.2 Å². The van der Waals surface area contributed by atoms with E-state index in [1.165, 1.54) is 0 Å². The molecule has 2 aromatic heterocycles. The Morgan fingerprint density at radius 3 is 2.39 bits per heavy atom. The summed E-state index contributed by atoms with van der Waals surface area (Å²) in [6.45, 7) is 3.32. The van der Waals surface area contributed by atoms with Crippen molar-refractivity contribution in [1.29, 1.82) is 0 Å². The number of pyridine rings is 2. The second-order valence-electron chi connectivity index (χ2n) is 6.62. The third-order valence-corrected chi connectivity index (χ3v) is 4.74. The molecule has 0 saturated carbocycles. The highest BCUT2D eigenvalue weighted by molar-refractivity contribution is 5.94. The van der Waals surface area contributed by atoms with Crippen LogP contribution in [0.4, 0.5) is 5.82 Å². The summed E-state index contributed by atoms with van der Waals surface area (Å²) in [7, 11) is 0. The first-order valence-corrected chi connectivity index (χ1v) is 9.37. The summed E-state index contributed by atoms with van der Waals surface area (Å²) < 4.78 is 5.69. The molecule has 3 aromatic rings. The maximum absolute atomic E-state index is 12.9. The fourth-order valence-electron chi connectivity index (χ4n) is 3.25. The monoisotopic (exact) mass is 374 g/mol. The number of carbonyl (C=O) groups excluding carboxylic acids is 1. The van der Waals surface area contributed by atoms with Crippen molar-refractivity contribution >= 4 is 11.7 Å². The Morgan fingerprint density at radius 1 is 0.893 bits per heavy atom. The zero-order valence-corrected chi connectivity index (χ0v) is 15.6. The molecule has 0 radical (unpaired) electrons. The van der Waals surface area contributed by atoms with Gasteiger partial charge in [0.1, 0.15) is 12.4 Å². The zero-order chi connectivity index (χ0) is 19.2. The number of ether oxygens (including phenoxy) is 1. The van der Waals surface area contributed by atoms with Gasteiger partial charge in [-0.15, -0.1) is 0 Å². The molecular weight excluding hydrogens is 352 g/mol. The summed E-state index contributed by atoms with van der Waals surface area (Å²) in [6.07, 6.45) is 3.49. The van der Waals surface area contributed by atoms with Crippen LogP contribution in [-0.4, -0.2) is 47.0 Å². The van der Waals surface area contributed by atoms with Gasteiger partial charge in [0.2, 0.25) is 5.88 Å². The molecule has 6 nitrogen and oxygen atoms in total. The van der Waals surface area contributed by atoms with Crippen molar-refractivity contribution in [2.75, 3.05) is 31.1 Å². The summed E-state index contributed by atoms with van der Waals surface area (Å²) in [5.41, 5.74) is 1.64. The Labute approximate surface area is 164 Å². The third-order valence-electron chi connectivity index (χ3n) is 4.74. The first-order chi connectivity index (χ1) is 13.8. The van der Waals surface area contributed by atoms with E-state index < -0.39 is 0 Å². The number of nitrogens with zero attached hydrogens (tertiary/aromatic N) is 4. The molecule has 4 rings (SSSR count). The number of carbonyl (C=O) groups is 1. The minimum atomic E-state index is 0.0559. The van der Waals surface area contributed by atoms with Crippen molar-refractivity contribution in [2.24, 2.45) is 0 Å². The number of anilines is 1. The van der Waals surface area contributed by atoms with Crippen LogP contribution in [0.25, 0.3) is 0 Å². The molecule has 142 valence electrons. The highest BCUT2D eigenvalue weighted by Crippen LogP contribution is 2.16. The van der Waals surface area contributed by atoms with E-state index in [4.69, 9.17) is 4.74 Å². The van der Waals surface area contributed by atoms with Gasteiger partial charge in [0, 0.05) is 50.2 Å². The number of amides is 1. The Balaban J connectivity index is 1.36. The minimum Gasteiger partial charge on any atom is -0.473 e. The van der Waals surface area contributed by atoms with Crippen LogP contribution in [0.2, 0.25) is 0 Å². The van der Waals surface area contributed by atoms with Gasteiger partial charge in [-0.25, -0.2) is 9.97 Å². The molecule has 1 aromatic carbocycles. The van der Waals surface area contributed by atoms with Crippen LogP contribution in [-0.2, 0) is 6.61 Å². The van der Waals surface area contributed by atoms with E-state index in [-0.39, 0.29) is 5.91 Å². The van der Waals surface area contributed by atoms with Crippen LogP contribution in [0.3, 0.4) is 0 Å². The van der Waals surface area contributed by atoms with E-state index in [9.17, 15) is 4.79 Å². The topological polar surface area (TPSA) is 58.6 Å². The lowest BCUT2D eigenvalue weighted by Gasteiger charge is -2.35. The fraction of sp³-hybridized carbons (Fsp3) is 0.227. The second kappa shape index (κ2) is 8.52. The van der Waals surface area contributed by atoms with Gasteiger partial charge < -0.3 is 14.5 Å². The third kappa shape index (κ3) is 4.28. The lowest BCUT2D eigenvalue weighted by Crippen LogP contribution is -2.49. The van der Waals surface area contributed by atoms with Crippen molar-refractivity contribution < 1.29 is 9.53 Å². The van der Waals surface area contributed by atoms with E-state index in [0.29, 0.717) is 31.1 Å². The Bertz CT molecular complexity index is 910. The first-order valence-electron chi connectivity index (χ1n) is 9.37. The quantitative estimate of drug-likeness (QED) is 0.687. The number of hydrogen-bond acceptors (Lipinski definition) is 5. The van der Waals surface area contributed by atoms with Crippen molar-refractivity contribution in [1.82, 2.24) is 14.9 Å². The molecule has 3 heterocycles. The molecule has 0 aliphatic carbocycles. The molecule has 6 heteroatoms. The molecule has 0 bridgehead atoms. The molecule has 1 amide bonds. The summed E-state index contributed by atoms with van der Waals surface area (Å²) in [5.74, 6) is 1.59. The van der Waals surface area contributed by atoms with Gasteiger partial charge in [0.25, 0.3) is 5.91 Å². The predicted molar refractivity (Wildman–Crippen MR) is 107 cm³/mol. The Kier molecular flexibility index (Phi) is 5.47. The Hall–Kier alpha value is -3.41. The van der Waals surface area contributed by atoms with Gasteiger partial charge in [-0.1, -0.05) is 24.3 Å². The van der Waals surface area contributed by atoms with E-state index >= 15 is 0 Å². The van der Waals surface area contributed by atoms with Gasteiger partial charge in [-0.3, -0.25) is 4.79 Å². The zero-order valence-electron chi connectivity index (χ0n) is 15.6. The molecule has 0 N–H and O–H groups in total. The van der Waals surface area contributed by atoms with Crippen LogP contribution in [0.1, 0.15) is 15.9 Å². The number of benzene rings is 1. The number of piperazine rings is 1. The SMILES string of the molecule is O=C(c1cccc(COc2ccccn2)c1)N1CCN(c2ccccn2)CC1. The van der Waals surface area contributed by atoms with Crippen LogP contribution in [0.15, 0.2) is 73.1 Å². The van der Waals surface area contributed by atoms with Crippen molar-refractivity contribution in [3.63, 3.8) is 0 Å². The van der Waals surface area contributed by atoms with E-state index in [2.05, 4.69) is 14.9 Å². The summed E-state index contributed by atoms with van der Waals surface area (Å²) >= 11 is 0. The van der Waals surface area contributed by atoms with Crippen LogP contribution in [0.5, 0.6) is 5.88 Å². The molecule has 28 heavy (non-hydrogen) atoms. The first kappa shape index (κ1) is 18.0. The minimum absolute atomic E-state index is 0.0559. The highest BCUT2D eigenvalue weighted by Gasteiger charge is 2.22. The molecule has 0 spiro atoms. The summed E-state index contributed by atoms with van der Waals surface area (Å²) in [6, 6.07) is 19.1. The van der Waals surface area contributed by atoms with E-state index in [1.54, 1.807) is 12.4 Å². The standard InChI is InChI=1S/C22H22N4O2/c27-22(26-14-12-25(13-15-26)20-8-1-3-10-23-20)19-7-5-6-18(16-19)17-28-21-9-2-4-11-24-21/h1-11,16H,12-15,17H2. The van der Waals surface area contributed by atoms with E-state index in [0.717, 1.165) is 24.5 Å². The van der Waals surface area contributed by atoms with Crippen LogP contribution < -0.4 is 9.64 Å². The van der Waals surface area contributed by atoms with Gasteiger partial charge in [-0.05, 0) is 35.9 Å². The molecular formula is C22H22N4O2. The van der Waals surface area contributed by atoms with Crippen molar-refractivity contribution in [3.8, 4) is 5.88 Å². The smallest absolute Gasteiger partial charge is 0.253 e. The van der Waals surface area contributed by atoms with E-state index in [1.807, 2.05) is 65.6 Å². The van der Waals surface area contributed by atoms with Gasteiger partial charge in [0.15, 0.2) is 0 Å². The summed E-state index contributed by atoms with van der Waals surface area (Å²) in [5, 5.41) is 0. The van der Waals surface area contributed by atoms with Gasteiger partial charge in [-0.2, -0.15) is 0 Å². The number of hydrogen-bond donors (Lipinski definition) is 0. The van der Waals surface area contributed by atoms with Crippen molar-refractivity contribution in [2.45, 2.75) is 6.61 Å². The second-order valence-corrected chi connectivity index (χ2v) is 6.62. The Morgan fingerprint density at radius 2 is 1.68 bits per heavy atom.